The third-order valence-electron chi connectivity index (χ3n) is 2.98. The standard InChI is InChI=1S/C14H15F3N4O2/c1-8(9-6-18-21(2)7-9)19-14(22)20-11-5-10(15)3-4-12(11)23-13(16)17/h3-8,13H,1-2H3,(H2,19,20,22)/t8-/m1/s1. The normalized spacial score (nSPS) is 12.1. The molecule has 0 aliphatic rings. The van der Waals surface area contributed by atoms with E-state index in [0.29, 0.717) is 0 Å². The number of alkyl halides is 2. The van der Waals surface area contributed by atoms with E-state index in [2.05, 4.69) is 20.5 Å². The molecule has 2 rings (SSSR count). The number of hydrogen-bond acceptors (Lipinski definition) is 3. The largest absolute Gasteiger partial charge is 0.433 e. The monoisotopic (exact) mass is 328 g/mol. The van der Waals surface area contributed by atoms with Crippen LogP contribution in [0.1, 0.15) is 18.5 Å². The van der Waals surface area contributed by atoms with Crippen LogP contribution in [0.4, 0.5) is 23.7 Å². The van der Waals surface area contributed by atoms with Crippen molar-refractivity contribution in [3.63, 3.8) is 0 Å². The number of aromatic nitrogens is 2. The molecular weight excluding hydrogens is 313 g/mol. The Morgan fingerprint density at radius 3 is 2.74 bits per heavy atom. The molecule has 6 nitrogen and oxygen atoms in total. The Hall–Kier alpha value is -2.71. The summed E-state index contributed by atoms with van der Waals surface area (Å²) < 4.78 is 43.7. The molecule has 0 saturated heterocycles. The summed E-state index contributed by atoms with van der Waals surface area (Å²) in [5.41, 5.74) is 0.562. The van der Waals surface area contributed by atoms with Crippen LogP contribution in [-0.4, -0.2) is 22.4 Å². The van der Waals surface area contributed by atoms with Crippen LogP contribution in [0.5, 0.6) is 5.75 Å². The fourth-order valence-electron chi connectivity index (χ4n) is 1.90. The van der Waals surface area contributed by atoms with Gasteiger partial charge in [0.25, 0.3) is 0 Å². The van der Waals surface area contributed by atoms with Gasteiger partial charge in [0, 0.05) is 24.9 Å². The molecule has 23 heavy (non-hydrogen) atoms. The van der Waals surface area contributed by atoms with Crippen LogP contribution in [0.2, 0.25) is 0 Å². The molecular formula is C14H15F3N4O2. The van der Waals surface area contributed by atoms with E-state index < -0.39 is 18.5 Å². The topological polar surface area (TPSA) is 68.2 Å². The van der Waals surface area contributed by atoms with Gasteiger partial charge in [0.1, 0.15) is 11.6 Å². The lowest BCUT2D eigenvalue weighted by Gasteiger charge is -2.15. The number of urea groups is 1. The van der Waals surface area contributed by atoms with Crippen molar-refractivity contribution < 1.29 is 22.7 Å². The molecule has 0 radical (unpaired) electrons. The Morgan fingerprint density at radius 1 is 1.39 bits per heavy atom. The number of benzene rings is 1. The summed E-state index contributed by atoms with van der Waals surface area (Å²) in [4.78, 5) is 11.9. The summed E-state index contributed by atoms with van der Waals surface area (Å²) >= 11 is 0. The van der Waals surface area contributed by atoms with Crippen molar-refractivity contribution in [2.45, 2.75) is 19.6 Å². The summed E-state index contributed by atoms with van der Waals surface area (Å²) in [5.74, 6) is -1.02. The highest BCUT2D eigenvalue weighted by molar-refractivity contribution is 5.91. The van der Waals surface area contributed by atoms with E-state index in [0.717, 1.165) is 23.8 Å². The van der Waals surface area contributed by atoms with Crippen LogP contribution >= 0.6 is 0 Å². The van der Waals surface area contributed by atoms with Crippen molar-refractivity contribution >= 4 is 11.7 Å². The van der Waals surface area contributed by atoms with Gasteiger partial charge in [0.2, 0.25) is 0 Å². The van der Waals surface area contributed by atoms with Gasteiger partial charge in [-0.25, -0.2) is 9.18 Å². The number of ether oxygens (including phenoxy) is 1. The number of anilines is 1. The van der Waals surface area contributed by atoms with Crippen LogP contribution in [0.3, 0.4) is 0 Å². The molecule has 124 valence electrons. The number of carbonyl (C=O) groups excluding carboxylic acids is 1. The van der Waals surface area contributed by atoms with Crippen LogP contribution in [0, 0.1) is 5.82 Å². The minimum Gasteiger partial charge on any atom is -0.433 e. The number of halogens is 3. The van der Waals surface area contributed by atoms with Crippen molar-refractivity contribution in [2.75, 3.05) is 5.32 Å². The first-order chi connectivity index (χ1) is 10.8. The Balaban J connectivity index is 2.06. The van der Waals surface area contributed by atoms with Crippen molar-refractivity contribution in [1.82, 2.24) is 15.1 Å². The fraction of sp³-hybridized carbons (Fsp3) is 0.286. The number of hydrogen-bond donors (Lipinski definition) is 2. The van der Waals surface area contributed by atoms with Crippen molar-refractivity contribution in [2.24, 2.45) is 7.05 Å². The zero-order valence-corrected chi connectivity index (χ0v) is 12.4. The number of rotatable bonds is 5. The zero-order chi connectivity index (χ0) is 17.0. The molecule has 0 fully saturated rings. The molecule has 0 unspecified atom stereocenters. The highest BCUT2D eigenvalue weighted by atomic mass is 19.3. The molecule has 1 atom stereocenters. The van der Waals surface area contributed by atoms with Gasteiger partial charge >= 0.3 is 12.6 Å². The minimum absolute atomic E-state index is 0.193. The van der Waals surface area contributed by atoms with E-state index in [1.165, 1.54) is 0 Å². The second-order valence-corrected chi connectivity index (χ2v) is 4.79. The fourth-order valence-corrected chi connectivity index (χ4v) is 1.90. The molecule has 0 spiro atoms. The number of carbonyl (C=O) groups is 1. The van der Waals surface area contributed by atoms with Gasteiger partial charge in [-0.15, -0.1) is 0 Å². The van der Waals surface area contributed by atoms with Crippen LogP contribution in [0.25, 0.3) is 0 Å². The maximum Gasteiger partial charge on any atom is 0.387 e. The molecule has 2 aromatic rings. The third-order valence-corrected chi connectivity index (χ3v) is 2.98. The molecule has 0 bridgehead atoms. The molecule has 0 aliphatic heterocycles. The lowest BCUT2D eigenvalue weighted by molar-refractivity contribution is -0.0494. The van der Waals surface area contributed by atoms with Gasteiger partial charge in [-0.1, -0.05) is 0 Å². The summed E-state index contributed by atoms with van der Waals surface area (Å²) in [6.45, 7) is -1.36. The van der Waals surface area contributed by atoms with Crippen LogP contribution < -0.4 is 15.4 Å². The second-order valence-electron chi connectivity index (χ2n) is 4.79. The smallest absolute Gasteiger partial charge is 0.387 e. The van der Waals surface area contributed by atoms with Gasteiger partial charge in [-0.2, -0.15) is 13.9 Å². The van der Waals surface area contributed by atoms with E-state index in [1.807, 2.05) is 0 Å². The van der Waals surface area contributed by atoms with E-state index in [-0.39, 0.29) is 17.5 Å². The molecule has 9 heteroatoms. The molecule has 2 amide bonds. The average Bonchev–Trinajstić information content (AvgIpc) is 2.88. The highest BCUT2D eigenvalue weighted by Crippen LogP contribution is 2.27. The molecule has 1 aromatic heterocycles. The predicted octanol–water partition coefficient (Wildman–Crippen LogP) is 3.04. The van der Waals surface area contributed by atoms with E-state index in [9.17, 15) is 18.0 Å². The Labute approximate surface area is 130 Å². The minimum atomic E-state index is -3.08. The van der Waals surface area contributed by atoms with Crippen LogP contribution in [0.15, 0.2) is 30.6 Å². The Bertz CT molecular complexity index is 690. The van der Waals surface area contributed by atoms with Crippen LogP contribution in [-0.2, 0) is 7.05 Å². The third kappa shape index (κ3) is 4.63. The maximum atomic E-state index is 13.2. The Kier molecular flexibility index (Phi) is 5.09. The number of nitrogens with zero attached hydrogens (tertiary/aromatic N) is 2. The maximum absolute atomic E-state index is 13.2. The summed E-state index contributed by atoms with van der Waals surface area (Å²) in [6.07, 6.45) is 3.30. The molecule has 1 aromatic carbocycles. The van der Waals surface area contributed by atoms with Crippen molar-refractivity contribution in [1.29, 1.82) is 0 Å². The van der Waals surface area contributed by atoms with E-state index in [4.69, 9.17) is 0 Å². The van der Waals surface area contributed by atoms with Gasteiger partial charge < -0.3 is 15.4 Å². The average molecular weight is 328 g/mol. The molecule has 0 aliphatic carbocycles. The lowest BCUT2D eigenvalue weighted by atomic mass is 10.2. The van der Waals surface area contributed by atoms with Gasteiger partial charge in [-0.3, -0.25) is 4.68 Å². The summed E-state index contributed by atoms with van der Waals surface area (Å²) in [6, 6.07) is 1.80. The van der Waals surface area contributed by atoms with E-state index in [1.54, 1.807) is 31.0 Å². The number of amides is 2. The summed E-state index contributed by atoms with van der Waals surface area (Å²) in [7, 11) is 1.73. The van der Waals surface area contributed by atoms with Gasteiger partial charge in [0.05, 0.1) is 17.9 Å². The SMILES string of the molecule is C[C@@H](NC(=O)Nc1cc(F)ccc1OC(F)F)c1cnn(C)c1. The van der Waals surface area contributed by atoms with E-state index >= 15 is 0 Å². The molecule has 2 N–H and O–H groups in total. The lowest BCUT2D eigenvalue weighted by Crippen LogP contribution is -2.31. The molecule has 1 heterocycles. The first kappa shape index (κ1) is 16.7. The Morgan fingerprint density at radius 2 is 2.13 bits per heavy atom. The quantitative estimate of drug-likeness (QED) is 0.886. The zero-order valence-electron chi connectivity index (χ0n) is 12.4. The second kappa shape index (κ2) is 7.03. The number of nitrogens with one attached hydrogen (secondary N) is 2. The van der Waals surface area contributed by atoms with Crippen molar-refractivity contribution in [3.05, 3.63) is 42.0 Å². The first-order valence-electron chi connectivity index (χ1n) is 6.65. The predicted molar refractivity (Wildman–Crippen MR) is 76.8 cm³/mol. The van der Waals surface area contributed by atoms with Gasteiger partial charge in [0.15, 0.2) is 0 Å². The number of aryl methyl sites for hydroxylation is 1. The molecule has 0 saturated carbocycles. The first-order valence-corrected chi connectivity index (χ1v) is 6.65. The van der Waals surface area contributed by atoms with Gasteiger partial charge in [-0.05, 0) is 19.1 Å². The highest BCUT2D eigenvalue weighted by Gasteiger charge is 2.15. The van der Waals surface area contributed by atoms with Crippen molar-refractivity contribution in [3.8, 4) is 5.75 Å². The summed E-state index contributed by atoms with van der Waals surface area (Å²) in [5, 5.41) is 8.86.